The van der Waals surface area contributed by atoms with Crippen LogP contribution in [0.1, 0.15) is 18.3 Å². The molecule has 6 heteroatoms. The fraction of sp³-hybridized carbons (Fsp3) is 0.385. The first-order chi connectivity index (χ1) is 9.20. The van der Waals surface area contributed by atoms with Crippen LogP contribution < -0.4 is 5.32 Å². The maximum Gasteiger partial charge on any atom is 0.132 e. The van der Waals surface area contributed by atoms with Crippen LogP contribution in [0.25, 0.3) is 0 Å². The first-order valence-electron chi connectivity index (χ1n) is 6.22. The molecule has 0 amide bonds. The molecule has 1 N–H and O–H groups in total. The largest absolute Gasteiger partial charge is 0.316 e. The second-order valence-electron chi connectivity index (χ2n) is 4.21. The minimum Gasteiger partial charge on any atom is -0.316 e. The van der Waals surface area contributed by atoms with Gasteiger partial charge in [0.1, 0.15) is 12.2 Å². The van der Waals surface area contributed by atoms with E-state index in [2.05, 4.69) is 42.9 Å². The van der Waals surface area contributed by atoms with E-state index in [-0.39, 0.29) is 0 Å². The summed E-state index contributed by atoms with van der Waals surface area (Å²) < 4.78 is 3.11. The maximum atomic E-state index is 6.14. The van der Waals surface area contributed by atoms with E-state index in [1.165, 1.54) is 0 Å². The van der Waals surface area contributed by atoms with E-state index in [1.807, 2.05) is 18.2 Å². The zero-order chi connectivity index (χ0) is 13.7. The quantitative estimate of drug-likeness (QED) is 0.820. The molecule has 0 aliphatic rings. The number of rotatable bonds is 6. The number of aromatic nitrogens is 3. The normalized spacial score (nSPS) is 10.9. The van der Waals surface area contributed by atoms with Gasteiger partial charge in [-0.25, -0.2) is 0 Å². The van der Waals surface area contributed by atoms with Crippen LogP contribution in [-0.4, -0.2) is 21.3 Å². The van der Waals surface area contributed by atoms with Crippen LogP contribution in [0.15, 0.2) is 29.0 Å². The van der Waals surface area contributed by atoms with Crippen molar-refractivity contribution in [3.63, 3.8) is 0 Å². The van der Waals surface area contributed by atoms with Crippen LogP contribution in [0.2, 0.25) is 5.02 Å². The molecular formula is C13H16BrClN4. The van der Waals surface area contributed by atoms with E-state index in [4.69, 9.17) is 11.6 Å². The zero-order valence-electron chi connectivity index (χ0n) is 10.7. The molecular weight excluding hydrogens is 328 g/mol. The SMILES string of the molecule is CCc1nncn1CCNCc1cc(Br)ccc1Cl. The van der Waals surface area contributed by atoms with Crippen LogP contribution in [0.5, 0.6) is 0 Å². The molecule has 0 unspecified atom stereocenters. The molecule has 19 heavy (non-hydrogen) atoms. The molecule has 0 saturated heterocycles. The van der Waals surface area contributed by atoms with Crippen LogP contribution in [0.3, 0.4) is 0 Å². The van der Waals surface area contributed by atoms with Crippen molar-refractivity contribution in [1.29, 1.82) is 0 Å². The Morgan fingerprint density at radius 1 is 1.42 bits per heavy atom. The molecule has 0 aliphatic carbocycles. The summed E-state index contributed by atoms with van der Waals surface area (Å²) in [4.78, 5) is 0. The first kappa shape index (κ1) is 14.5. The predicted molar refractivity (Wildman–Crippen MR) is 80.3 cm³/mol. The number of halogens is 2. The Balaban J connectivity index is 1.82. The van der Waals surface area contributed by atoms with Crippen molar-refractivity contribution < 1.29 is 0 Å². The van der Waals surface area contributed by atoms with E-state index >= 15 is 0 Å². The zero-order valence-corrected chi connectivity index (χ0v) is 13.1. The summed E-state index contributed by atoms with van der Waals surface area (Å²) in [5.74, 6) is 1.02. The summed E-state index contributed by atoms with van der Waals surface area (Å²) in [6.07, 6.45) is 2.67. The first-order valence-corrected chi connectivity index (χ1v) is 7.39. The second kappa shape index (κ2) is 7.03. The minimum absolute atomic E-state index is 0.752. The maximum absolute atomic E-state index is 6.14. The molecule has 2 rings (SSSR count). The highest BCUT2D eigenvalue weighted by atomic mass is 79.9. The number of hydrogen-bond donors (Lipinski definition) is 1. The summed E-state index contributed by atoms with van der Waals surface area (Å²) in [6.45, 7) is 4.55. The summed E-state index contributed by atoms with van der Waals surface area (Å²) in [5, 5.41) is 12.1. The van der Waals surface area contributed by atoms with Gasteiger partial charge in [0.25, 0.3) is 0 Å². The molecule has 0 saturated carbocycles. The minimum atomic E-state index is 0.752. The average molecular weight is 344 g/mol. The summed E-state index contributed by atoms with van der Waals surface area (Å²) in [6, 6.07) is 5.87. The monoisotopic (exact) mass is 342 g/mol. The molecule has 1 aromatic carbocycles. The van der Waals surface area contributed by atoms with Gasteiger partial charge in [-0.1, -0.05) is 34.5 Å². The van der Waals surface area contributed by atoms with Crippen molar-refractivity contribution in [2.24, 2.45) is 0 Å². The van der Waals surface area contributed by atoms with Gasteiger partial charge >= 0.3 is 0 Å². The van der Waals surface area contributed by atoms with E-state index < -0.39 is 0 Å². The van der Waals surface area contributed by atoms with Gasteiger partial charge in [-0.15, -0.1) is 10.2 Å². The molecule has 1 heterocycles. The summed E-state index contributed by atoms with van der Waals surface area (Å²) >= 11 is 9.58. The Morgan fingerprint density at radius 2 is 2.26 bits per heavy atom. The van der Waals surface area contributed by atoms with Crippen LogP contribution >= 0.6 is 27.5 Å². The van der Waals surface area contributed by atoms with Gasteiger partial charge in [0.05, 0.1) is 0 Å². The van der Waals surface area contributed by atoms with Crippen LogP contribution in [-0.2, 0) is 19.5 Å². The van der Waals surface area contributed by atoms with E-state index in [0.717, 1.165) is 46.9 Å². The van der Waals surface area contributed by atoms with E-state index in [1.54, 1.807) is 6.33 Å². The Labute approximate surface area is 126 Å². The molecule has 0 spiro atoms. The van der Waals surface area contributed by atoms with Crippen molar-refractivity contribution in [2.45, 2.75) is 26.4 Å². The third kappa shape index (κ3) is 4.03. The third-order valence-electron chi connectivity index (χ3n) is 2.86. The fourth-order valence-corrected chi connectivity index (χ4v) is 2.43. The van der Waals surface area contributed by atoms with Gasteiger partial charge in [0.2, 0.25) is 0 Å². The molecule has 4 nitrogen and oxygen atoms in total. The van der Waals surface area contributed by atoms with Gasteiger partial charge in [-0.3, -0.25) is 0 Å². The predicted octanol–water partition coefficient (Wildman–Crippen LogP) is 3.05. The van der Waals surface area contributed by atoms with Crippen LogP contribution in [0.4, 0.5) is 0 Å². The van der Waals surface area contributed by atoms with Gasteiger partial charge in [-0.2, -0.15) is 0 Å². The van der Waals surface area contributed by atoms with Crippen molar-refractivity contribution in [3.05, 3.63) is 45.4 Å². The summed E-state index contributed by atoms with van der Waals surface area (Å²) in [5.41, 5.74) is 1.09. The lowest BCUT2D eigenvalue weighted by Crippen LogP contribution is -2.20. The number of nitrogens with one attached hydrogen (secondary N) is 1. The Bertz CT molecular complexity index is 541. The molecule has 1 aromatic heterocycles. The van der Waals surface area contributed by atoms with Crippen molar-refractivity contribution >= 4 is 27.5 Å². The molecule has 0 bridgehead atoms. The number of hydrogen-bond acceptors (Lipinski definition) is 3. The molecule has 0 atom stereocenters. The second-order valence-corrected chi connectivity index (χ2v) is 5.53. The third-order valence-corrected chi connectivity index (χ3v) is 3.73. The van der Waals surface area contributed by atoms with Gasteiger partial charge in [0.15, 0.2) is 0 Å². The average Bonchev–Trinajstić information content (AvgIpc) is 2.86. The lowest BCUT2D eigenvalue weighted by atomic mass is 10.2. The molecule has 2 aromatic rings. The van der Waals surface area contributed by atoms with Crippen molar-refractivity contribution in [3.8, 4) is 0 Å². The van der Waals surface area contributed by atoms with Crippen molar-refractivity contribution in [1.82, 2.24) is 20.1 Å². The lowest BCUT2D eigenvalue weighted by Gasteiger charge is -2.08. The Hall–Kier alpha value is -0.910. The van der Waals surface area contributed by atoms with Crippen LogP contribution in [0, 0.1) is 0 Å². The van der Waals surface area contributed by atoms with E-state index in [0.29, 0.717) is 0 Å². The topological polar surface area (TPSA) is 42.7 Å². The van der Waals surface area contributed by atoms with Crippen molar-refractivity contribution in [2.75, 3.05) is 6.54 Å². The van der Waals surface area contributed by atoms with Gasteiger partial charge < -0.3 is 9.88 Å². The molecule has 102 valence electrons. The number of nitrogens with zero attached hydrogens (tertiary/aromatic N) is 3. The highest BCUT2D eigenvalue weighted by Crippen LogP contribution is 2.20. The fourth-order valence-electron chi connectivity index (χ4n) is 1.84. The van der Waals surface area contributed by atoms with E-state index in [9.17, 15) is 0 Å². The number of aryl methyl sites for hydroxylation is 1. The van der Waals surface area contributed by atoms with Gasteiger partial charge in [0, 0.05) is 35.6 Å². The number of benzene rings is 1. The molecule has 0 radical (unpaired) electrons. The van der Waals surface area contributed by atoms with Gasteiger partial charge in [-0.05, 0) is 23.8 Å². The Morgan fingerprint density at radius 3 is 3.05 bits per heavy atom. The highest BCUT2D eigenvalue weighted by Gasteiger charge is 2.02. The highest BCUT2D eigenvalue weighted by molar-refractivity contribution is 9.10. The smallest absolute Gasteiger partial charge is 0.132 e. The molecule has 0 aliphatic heterocycles. The lowest BCUT2D eigenvalue weighted by molar-refractivity contribution is 0.580. The Kier molecular flexibility index (Phi) is 5.36. The summed E-state index contributed by atoms with van der Waals surface area (Å²) in [7, 11) is 0. The molecule has 0 fully saturated rings. The standard InChI is InChI=1S/C13H16BrClN4/c1-2-13-18-17-9-19(13)6-5-16-8-10-7-11(14)3-4-12(10)15/h3-4,7,9,16H,2,5-6,8H2,1H3.